The van der Waals surface area contributed by atoms with Crippen molar-refractivity contribution in [3.05, 3.63) is 21.9 Å². The molecule has 1 aliphatic rings. The molecule has 0 spiro atoms. The van der Waals surface area contributed by atoms with Crippen LogP contribution in [0.1, 0.15) is 42.5 Å². The summed E-state index contributed by atoms with van der Waals surface area (Å²) in [6.45, 7) is 5.08. The van der Waals surface area contributed by atoms with Gasteiger partial charge in [0.25, 0.3) is 0 Å². The van der Waals surface area contributed by atoms with Crippen LogP contribution >= 0.6 is 11.3 Å². The number of nitrogens with one attached hydrogen (secondary N) is 1. The summed E-state index contributed by atoms with van der Waals surface area (Å²) in [6.07, 6.45) is 3.38. The summed E-state index contributed by atoms with van der Waals surface area (Å²) in [5.41, 5.74) is 0. The van der Waals surface area contributed by atoms with Crippen molar-refractivity contribution >= 4 is 11.3 Å². The second-order valence-corrected chi connectivity index (χ2v) is 5.89. The van der Waals surface area contributed by atoms with Crippen molar-refractivity contribution in [2.24, 2.45) is 5.92 Å². The minimum atomic E-state index is -0.145. The smallest absolute Gasteiger partial charge is 0.0692 e. The van der Waals surface area contributed by atoms with Crippen LogP contribution in [0.25, 0.3) is 0 Å². The van der Waals surface area contributed by atoms with Gasteiger partial charge in [0.1, 0.15) is 0 Å². The highest BCUT2D eigenvalue weighted by Crippen LogP contribution is 2.32. The molecule has 0 radical (unpaired) electrons. The Bertz CT molecular complexity index is 332. The number of hydrogen-bond acceptors (Lipinski definition) is 3. The predicted molar refractivity (Wildman–Crippen MR) is 68.8 cm³/mol. The fourth-order valence-corrected chi connectivity index (χ4v) is 2.84. The maximum atomic E-state index is 9.78. The Balaban J connectivity index is 1.79. The molecule has 1 heterocycles. The van der Waals surface area contributed by atoms with E-state index < -0.39 is 0 Å². The fraction of sp³-hybridized carbons (Fsp3) is 0.692. The topological polar surface area (TPSA) is 32.3 Å². The quantitative estimate of drug-likeness (QED) is 0.800. The summed E-state index contributed by atoms with van der Waals surface area (Å²) >= 11 is 1.87. The molecular weight excluding hydrogens is 218 g/mol. The first kappa shape index (κ1) is 12.1. The number of thiophene rings is 1. The van der Waals surface area contributed by atoms with E-state index in [2.05, 4.69) is 31.3 Å². The van der Waals surface area contributed by atoms with Crippen LogP contribution in [0, 0.1) is 5.92 Å². The molecule has 90 valence electrons. The third-order valence-corrected chi connectivity index (χ3v) is 4.67. The summed E-state index contributed by atoms with van der Waals surface area (Å²) in [5, 5.41) is 13.2. The lowest BCUT2D eigenvalue weighted by Crippen LogP contribution is -2.29. The van der Waals surface area contributed by atoms with Crippen molar-refractivity contribution in [3.8, 4) is 0 Å². The molecular formula is C13H21NOS. The van der Waals surface area contributed by atoms with Crippen LogP contribution in [0.3, 0.4) is 0 Å². The highest BCUT2D eigenvalue weighted by atomic mass is 32.1. The summed E-state index contributed by atoms with van der Waals surface area (Å²) in [5.74, 6) is 0.564. The number of aliphatic hydroxyl groups excluding tert-OH is 1. The molecule has 2 unspecified atom stereocenters. The zero-order valence-electron chi connectivity index (χ0n) is 10.1. The molecule has 1 fully saturated rings. The first-order valence-corrected chi connectivity index (χ1v) is 7.02. The standard InChI is InChI=1S/C13H21NOS/c1-3-11-6-7-13(16-11)9(2)14-8-12(15)10-4-5-10/h6-7,9-10,12,14-15H,3-5,8H2,1-2H3. The minimum absolute atomic E-state index is 0.145. The molecule has 16 heavy (non-hydrogen) atoms. The second-order valence-electron chi connectivity index (χ2n) is 4.69. The van der Waals surface area contributed by atoms with Gasteiger partial charge in [-0.2, -0.15) is 0 Å². The van der Waals surface area contributed by atoms with Crippen LogP contribution < -0.4 is 5.32 Å². The minimum Gasteiger partial charge on any atom is -0.392 e. The lowest BCUT2D eigenvalue weighted by atomic mass is 10.2. The van der Waals surface area contributed by atoms with Crippen LogP contribution in [-0.4, -0.2) is 17.8 Å². The third-order valence-electron chi connectivity index (χ3n) is 3.26. The van der Waals surface area contributed by atoms with E-state index in [1.807, 2.05) is 11.3 Å². The monoisotopic (exact) mass is 239 g/mol. The van der Waals surface area contributed by atoms with E-state index in [-0.39, 0.29) is 6.10 Å². The van der Waals surface area contributed by atoms with Gasteiger partial charge in [-0.1, -0.05) is 6.92 Å². The van der Waals surface area contributed by atoms with Crippen molar-refractivity contribution in [2.45, 2.75) is 45.3 Å². The maximum Gasteiger partial charge on any atom is 0.0692 e. The van der Waals surface area contributed by atoms with Crippen molar-refractivity contribution in [1.82, 2.24) is 5.32 Å². The van der Waals surface area contributed by atoms with Gasteiger partial charge in [-0.15, -0.1) is 11.3 Å². The number of aliphatic hydroxyl groups is 1. The van der Waals surface area contributed by atoms with E-state index in [4.69, 9.17) is 0 Å². The van der Waals surface area contributed by atoms with E-state index in [9.17, 15) is 5.11 Å². The number of aryl methyl sites for hydroxylation is 1. The van der Waals surface area contributed by atoms with Gasteiger partial charge in [0.15, 0.2) is 0 Å². The van der Waals surface area contributed by atoms with Crippen molar-refractivity contribution in [2.75, 3.05) is 6.54 Å². The Morgan fingerprint density at radius 3 is 2.81 bits per heavy atom. The molecule has 0 aromatic carbocycles. The van der Waals surface area contributed by atoms with E-state index in [0.717, 1.165) is 13.0 Å². The van der Waals surface area contributed by atoms with Crippen LogP contribution in [0.15, 0.2) is 12.1 Å². The number of rotatable bonds is 6. The summed E-state index contributed by atoms with van der Waals surface area (Å²) in [6, 6.07) is 4.76. The van der Waals surface area contributed by atoms with Gasteiger partial charge < -0.3 is 10.4 Å². The zero-order chi connectivity index (χ0) is 11.5. The Hall–Kier alpha value is -0.380. The summed E-state index contributed by atoms with van der Waals surface area (Å²) < 4.78 is 0. The summed E-state index contributed by atoms with van der Waals surface area (Å²) in [4.78, 5) is 2.81. The SMILES string of the molecule is CCc1ccc(C(C)NCC(O)C2CC2)s1. The van der Waals surface area contributed by atoms with Gasteiger partial charge in [-0.05, 0) is 44.2 Å². The lowest BCUT2D eigenvalue weighted by molar-refractivity contribution is 0.145. The molecule has 2 N–H and O–H groups in total. The Labute approximate surface area is 102 Å². The Morgan fingerprint density at radius 1 is 1.50 bits per heavy atom. The van der Waals surface area contributed by atoms with Gasteiger partial charge in [0.2, 0.25) is 0 Å². The van der Waals surface area contributed by atoms with Gasteiger partial charge in [-0.25, -0.2) is 0 Å². The van der Waals surface area contributed by atoms with Gasteiger partial charge in [0, 0.05) is 22.3 Å². The summed E-state index contributed by atoms with van der Waals surface area (Å²) in [7, 11) is 0. The molecule has 2 nitrogen and oxygen atoms in total. The molecule has 0 aliphatic heterocycles. The van der Waals surface area contributed by atoms with Gasteiger partial charge in [-0.3, -0.25) is 0 Å². The second kappa shape index (κ2) is 5.30. The Morgan fingerprint density at radius 2 is 2.25 bits per heavy atom. The molecule has 3 heteroatoms. The van der Waals surface area contributed by atoms with E-state index in [1.165, 1.54) is 22.6 Å². The van der Waals surface area contributed by atoms with Crippen molar-refractivity contribution in [1.29, 1.82) is 0 Å². The van der Waals surface area contributed by atoms with Crippen LogP contribution in [0.2, 0.25) is 0 Å². The first-order chi connectivity index (χ1) is 7.70. The highest BCUT2D eigenvalue weighted by molar-refractivity contribution is 7.12. The molecule has 1 saturated carbocycles. The van der Waals surface area contributed by atoms with E-state index >= 15 is 0 Å². The molecule has 0 bridgehead atoms. The maximum absolute atomic E-state index is 9.78. The van der Waals surface area contributed by atoms with Gasteiger partial charge in [0.05, 0.1) is 6.10 Å². The Kier molecular flexibility index (Phi) is 4.00. The highest BCUT2D eigenvalue weighted by Gasteiger charge is 2.29. The average Bonchev–Trinajstić information content (AvgIpc) is 3.03. The third kappa shape index (κ3) is 3.06. The molecule has 1 aromatic heterocycles. The van der Waals surface area contributed by atoms with Crippen LogP contribution in [0.4, 0.5) is 0 Å². The number of hydrogen-bond donors (Lipinski definition) is 2. The molecule has 2 rings (SSSR count). The predicted octanol–water partition coefficient (Wildman–Crippen LogP) is 2.73. The normalized spacial score (nSPS) is 19.7. The molecule has 0 amide bonds. The van der Waals surface area contributed by atoms with Crippen LogP contribution in [-0.2, 0) is 6.42 Å². The van der Waals surface area contributed by atoms with Crippen molar-refractivity contribution < 1.29 is 5.11 Å². The average molecular weight is 239 g/mol. The van der Waals surface area contributed by atoms with Crippen molar-refractivity contribution in [3.63, 3.8) is 0 Å². The zero-order valence-corrected chi connectivity index (χ0v) is 10.9. The molecule has 1 aromatic rings. The molecule has 0 saturated heterocycles. The van der Waals surface area contributed by atoms with Crippen LogP contribution in [0.5, 0.6) is 0 Å². The fourth-order valence-electron chi connectivity index (χ4n) is 1.86. The molecule has 1 aliphatic carbocycles. The first-order valence-electron chi connectivity index (χ1n) is 6.20. The van der Waals surface area contributed by atoms with E-state index in [1.54, 1.807) is 0 Å². The molecule has 2 atom stereocenters. The van der Waals surface area contributed by atoms with Gasteiger partial charge >= 0.3 is 0 Å². The lowest BCUT2D eigenvalue weighted by Gasteiger charge is -2.15. The largest absolute Gasteiger partial charge is 0.392 e. The van der Waals surface area contributed by atoms with E-state index in [0.29, 0.717) is 12.0 Å².